The number of carboxylic acids is 1. The zero-order valence-corrected chi connectivity index (χ0v) is 14.2. The van der Waals surface area contributed by atoms with Gasteiger partial charge in [0.25, 0.3) is 0 Å². The standard InChI is InChI=1S/C20H26O3/c1-12-10-20-8-5-15-18(2,6-4-7-19(15,3)17(22)23)16(20)9-14(21)13(12)11-20/h9,13,15H,1,4-8,10-11H2,2-3H3,(H,22,23)/t13-,15+,18-,19-,20-/m1/s1. The molecule has 1 N–H and O–H groups in total. The number of aliphatic carboxylic acids is 1. The summed E-state index contributed by atoms with van der Waals surface area (Å²) in [5.41, 5.74) is 1.66. The SMILES string of the molecule is C=C1C[C@@]23CC[C@@H]4[C@](C)(C(=O)O)CCC[C@@]4(C)C2=CC(=O)[C@@H]1C3. The summed E-state index contributed by atoms with van der Waals surface area (Å²) in [6, 6.07) is 0. The van der Waals surface area contributed by atoms with Gasteiger partial charge < -0.3 is 5.11 Å². The van der Waals surface area contributed by atoms with Crippen molar-refractivity contribution in [3.05, 3.63) is 23.8 Å². The van der Waals surface area contributed by atoms with Crippen molar-refractivity contribution in [2.75, 3.05) is 0 Å². The van der Waals surface area contributed by atoms with Crippen molar-refractivity contribution in [3.8, 4) is 0 Å². The van der Waals surface area contributed by atoms with E-state index in [1.54, 1.807) is 0 Å². The van der Waals surface area contributed by atoms with Crippen molar-refractivity contribution < 1.29 is 14.7 Å². The summed E-state index contributed by atoms with van der Waals surface area (Å²) in [5.74, 6) is -0.298. The Labute approximate surface area is 137 Å². The monoisotopic (exact) mass is 314 g/mol. The highest BCUT2D eigenvalue weighted by atomic mass is 16.4. The number of rotatable bonds is 1. The lowest BCUT2D eigenvalue weighted by molar-refractivity contribution is -0.161. The van der Waals surface area contributed by atoms with Crippen molar-refractivity contribution in [3.63, 3.8) is 0 Å². The summed E-state index contributed by atoms with van der Waals surface area (Å²) < 4.78 is 0. The molecule has 3 nitrogen and oxygen atoms in total. The normalized spacial score (nSPS) is 48.5. The Balaban J connectivity index is 1.84. The van der Waals surface area contributed by atoms with E-state index in [-0.39, 0.29) is 28.4 Å². The average molecular weight is 314 g/mol. The van der Waals surface area contributed by atoms with Gasteiger partial charge in [0.15, 0.2) is 5.78 Å². The van der Waals surface area contributed by atoms with Gasteiger partial charge in [-0.2, -0.15) is 0 Å². The highest BCUT2D eigenvalue weighted by Crippen LogP contribution is 2.70. The molecule has 23 heavy (non-hydrogen) atoms. The maximum Gasteiger partial charge on any atom is 0.309 e. The van der Waals surface area contributed by atoms with Crippen LogP contribution in [-0.2, 0) is 9.59 Å². The average Bonchev–Trinajstić information content (AvgIpc) is 2.75. The number of carboxylic acid groups (broad SMARTS) is 1. The topological polar surface area (TPSA) is 54.4 Å². The van der Waals surface area contributed by atoms with Gasteiger partial charge in [0.2, 0.25) is 0 Å². The third kappa shape index (κ3) is 1.71. The largest absolute Gasteiger partial charge is 0.481 e. The lowest BCUT2D eigenvalue weighted by Gasteiger charge is -2.59. The van der Waals surface area contributed by atoms with Crippen LogP contribution in [-0.4, -0.2) is 16.9 Å². The van der Waals surface area contributed by atoms with Gasteiger partial charge in [-0.3, -0.25) is 9.59 Å². The van der Waals surface area contributed by atoms with E-state index in [1.165, 1.54) is 5.57 Å². The Kier molecular flexibility index (Phi) is 2.88. The van der Waals surface area contributed by atoms with E-state index in [0.717, 1.165) is 50.5 Å². The highest BCUT2D eigenvalue weighted by Gasteiger charge is 2.63. The lowest BCUT2D eigenvalue weighted by atomic mass is 9.44. The maximum atomic E-state index is 12.6. The Morgan fingerprint density at radius 1 is 1.30 bits per heavy atom. The van der Waals surface area contributed by atoms with Gasteiger partial charge in [-0.1, -0.05) is 31.1 Å². The van der Waals surface area contributed by atoms with Crippen LogP contribution in [0.15, 0.2) is 23.8 Å². The van der Waals surface area contributed by atoms with E-state index >= 15 is 0 Å². The summed E-state index contributed by atoms with van der Waals surface area (Å²) in [6.07, 6.45) is 8.44. The van der Waals surface area contributed by atoms with E-state index in [2.05, 4.69) is 13.5 Å². The number of ketones is 1. The number of fused-ring (bicyclic) bond motifs is 3. The first-order valence-corrected chi connectivity index (χ1v) is 8.91. The number of allylic oxidation sites excluding steroid dienone is 3. The van der Waals surface area contributed by atoms with E-state index in [4.69, 9.17) is 0 Å². The first-order valence-electron chi connectivity index (χ1n) is 8.91. The molecule has 5 atom stereocenters. The molecular weight excluding hydrogens is 288 g/mol. The van der Waals surface area contributed by atoms with Crippen LogP contribution >= 0.6 is 0 Å². The van der Waals surface area contributed by atoms with E-state index in [1.807, 2.05) is 13.0 Å². The molecule has 3 fully saturated rings. The molecule has 0 unspecified atom stereocenters. The van der Waals surface area contributed by atoms with Crippen LogP contribution < -0.4 is 0 Å². The summed E-state index contributed by atoms with van der Waals surface area (Å²) in [7, 11) is 0. The first-order chi connectivity index (χ1) is 10.7. The van der Waals surface area contributed by atoms with Gasteiger partial charge in [-0.25, -0.2) is 0 Å². The summed E-state index contributed by atoms with van der Waals surface area (Å²) in [6.45, 7) is 8.33. The minimum absolute atomic E-state index is 0.0216. The molecule has 0 amide bonds. The van der Waals surface area contributed by atoms with E-state index < -0.39 is 11.4 Å². The Bertz CT molecular complexity index is 660. The van der Waals surface area contributed by atoms with Gasteiger partial charge in [0.05, 0.1) is 5.41 Å². The Morgan fingerprint density at radius 3 is 2.74 bits per heavy atom. The molecule has 0 heterocycles. The Morgan fingerprint density at radius 2 is 2.04 bits per heavy atom. The number of hydrogen-bond donors (Lipinski definition) is 1. The van der Waals surface area contributed by atoms with Crippen molar-refractivity contribution in [2.45, 2.75) is 58.8 Å². The van der Waals surface area contributed by atoms with Gasteiger partial charge >= 0.3 is 5.97 Å². The van der Waals surface area contributed by atoms with Crippen LogP contribution in [0, 0.1) is 28.1 Å². The molecule has 0 saturated heterocycles. The molecule has 1 spiro atoms. The second kappa shape index (κ2) is 4.37. The Hall–Kier alpha value is -1.38. The second-order valence-corrected chi connectivity index (χ2v) is 8.92. The molecule has 0 radical (unpaired) electrons. The van der Waals surface area contributed by atoms with Crippen molar-refractivity contribution in [1.29, 1.82) is 0 Å². The smallest absolute Gasteiger partial charge is 0.309 e. The predicted octanol–water partition coefficient (Wildman–Crippen LogP) is 4.14. The second-order valence-electron chi connectivity index (χ2n) is 8.92. The molecule has 0 aromatic rings. The molecule has 3 heteroatoms. The fourth-order valence-corrected chi connectivity index (χ4v) is 6.67. The quantitative estimate of drug-likeness (QED) is 0.740. The number of carbonyl (C=O) groups is 2. The molecule has 0 aromatic carbocycles. The minimum atomic E-state index is -0.666. The molecule has 0 aromatic heterocycles. The molecule has 124 valence electrons. The van der Waals surface area contributed by atoms with Gasteiger partial charge in [0.1, 0.15) is 0 Å². The van der Waals surface area contributed by atoms with Crippen LogP contribution in [0.4, 0.5) is 0 Å². The summed E-state index contributed by atoms with van der Waals surface area (Å²) in [4.78, 5) is 24.6. The number of hydrogen-bond acceptors (Lipinski definition) is 2. The lowest BCUT2D eigenvalue weighted by Crippen LogP contribution is -2.54. The van der Waals surface area contributed by atoms with Crippen LogP contribution in [0.1, 0.15) is 58.8 Å². The zero-order valence-electron chi connectivity index (χ0n) is 14.2. The van der Waals surface area contributed by atoms with Crippen molar-refractivity contribution in [2.24, 2.45) is 28.1 Å². The molecule has 4 aliphatic rings. The third-order valence-electron chi connectivity index (χ3n) is 7.80. The van der Waals surface area contributed by atoms with Gasteiger partial charge in [-0.05, 0) is 68.3 Å². The van der Waals surface area contributed by atoms with E-state index in [9.17, 15) is 14.7 Å². The molecule has 4 aliphatic carbocycles. The molecular formula is C20H26O3. The minimum Gasteiger partial charge on any atom is -0.481 e. The van der Waals surface area contributed by atoms with Crippen molar-refractivity contribution in [1.82, 2.24) is 0 Å². The summed E-state index contributed by atoms with van der Waals surface area (Å²) >= 11 is 0. The molecule has 4 rings (SSSR count). The molecule has 3 saturated carbocycles. The zero-order chi connectivity index (χ0) is 16.6. The van der Waals surface area contributed by atoms with E-state index in [0.29, 0.717) is 0 Å². The highest BCUT2D eigenvalue weighted by molar-refractivity contribution is 5.97. The fourth-order valence-electron chi connectivity index (χ4n) is 6.67. The van der Waals surface area contributed by atoms with Gasteiger partial charge in [0, 0.05) is 5.92 Å². The van der Waals surface area contributed by atoms with Crippen LogP contribution in [0.3, 0.4) is 0 Å². The fraction of sp³-hybridized carbons (Fsp3) is 0.700. The van der Waals surface area contributed by atoms with Crippen molar-refractivity contribution >= 4 is 11.8 Å². The third-order valence-corrected chi connectivity index (χ3v) is 7.80. The first kappa shape index (κ1) is 15.2. The molecule has 2 bridgehead atoms. The number of carbonyl (C=O) groups excluding carboxylic acids is 1. The van der Waals surface area contributed by atoms with Crippen LogP contribution in [0.5, 0.6) is 0 Å². The predicted molar refractivity (Wildman–Crippen MR) is 87.8 cm³/mol. The van der Waals surface area contributed by atoms with Crippen LogP contribution in [0.2, 0.25) is 0 Å². The maximum absolute atomic E-state index is 12.6. The molecule has 0 aliphatic heterocycles. The van der Waals surface area contributed by atoms with Gasteiger partial charge in [-0.15, -0.1) is 0 Å². The summed E-state index contributed by atoms with van der Waals surface area (Å²) in [5, 5.41) is 9.87. The van der Waals surface area contributed by atoms with Crippen LogP contribution in [0.25, 0.3) is 0 Å².